The summed E-state index contributed by atoms with van der Waals surface area (Å²) < 4.78 is 0.842. The lowest BCUT2D eigenvalue weighted by atomic mass is 10.1. The first-order valence-electron chi connectivity index (χ1n) is 3.66. The highest BCUT2D eigenvalue weighted by Crippen LogP contribution is 2.28. The van der Waals surface area contributed by atoms with E-state index < -0.39 is 0 Å². The Morgan fingerprint density at radius 1 is 1.00 bits per heavy atom. The van der Waals surface area contributed by atoms with Crippen molar-refractivity contribution in [2.24, 2.45) is 0 Å². The van der Waals surface area contributed by atoms with Gasteiger partial charge in [0, 0.05) is 5.38 Å². The van der Waals surface area contributed by atoms with E-state index in [2.05, 4.69) is 17.5 Å². The summed E-state index contributed by atoms with van der Waals surface area (Å²) in [6.45, 7) is 0. The molecule has 0 saturated heterocycles. The molecule has 1 aromatic heterocycles. The van der Waals surface area contributed by atoms with E-state index in [1.54, 1.807) is 11.3 Å². The van der Waals surface area contributed by atoms with E-state index in [1.807, 2.05) is 24.3 Å². The lowest BCUT2D eigenvalue weighted by Crippen LogP contribution is -1.69. The average Bonchev–Trinajstić information content (AvgIpc) is 2.54. The summed E-state index contributed by atoms with van der Waals surface area (Å²) in [6.07, 6.45) is 0. The molecule has 2 heteroatoms. The van der Waals surface area contributed by atoms with Gasteiger partial charge in [-0.3, -0.25) is 0 Å². The van der Waals surface area contributed by atoms with Crippen molar-refractivity contribution in [1.29, 1.82) is 0 Å². The number of thiophene rings is 1. The van der Waals surface area contributed by atoms with Crippen LogP contribution in [0, 0.1) is 0 Å². The second-order valence-electron chi connectivity index (χ2n) is 2.51. The molecule has 0 spiro atoms. The van der Waals surface area contributed by atoms with Crippen molar-refractivity contribution in [2.75, 3.05) is 0 Å². The van der Waals surface area contributed by atoms with Crippen molar-refractivity contribution in [3.8, 4) is 11.1 Å². The van der Waals surface area contributed by atoms with E-state index in [0.717, 1.165) is 4.34 Å². The largest absolute Gasteiger partial charge is 0.131 e. The molecule has 2 rings (SSSR count). The standard InChI is InChI=1S/C10H7ClS/c11-10-6-9(7-12-10)8-4-2-1-3-5-8/h1-7H. The highest BCUT2D eigenvalue weighted by atomic mass is 35.5. The molecular formula is C10H7ClS. The highest BCUT2D eigenvalue weighted by molar-refractivity contribution is 7.14. The highest BCUT2D eigenvalue weighted by Gasteiger charge is 1.98. The minimum atomic E-state index is 0.842. The number of halogens is 1. The summed E-state index contributed by atoms with van der Waals surface area (Å²) in [4.78, 5) is 0. The summed E-state index contributed by atoms with van der Waals surface area (Å²) in [5.74, 6) is 0. The Labute approximate surface area is 80.4 Å². The van der Waals surface area contributed by atoms with Gasteiger partial charge in [-0.05, 0) is 17.2 Å². The normalized spacial score (nSPS) is 10.1. The van der Waals surface area contributed by atoms with E-state index >= 15 is 0 Å². The Morgan fingerprint density at radius 3 is 2.33 bits per heavy atom. The average molecular weight is 195 g/mol. The van der Waals surface area contributed by atoms with Crippen molar-refractivity contribution >= 4 is 22.9 Å². The van der Waals surface area contributed by atoms with E-state index in [9.17, 15) is 0 Å². The van der Waals surface area contributed by atoms with Crippen LogP contribution in [-0.2, 0) is 0 Å². The van der Waals surface area contributed by atoms with Crippen molar-refractivity contribution in [2.45, 2.75) is 0 Å². The van der Waals surface area contributed by atoms with Crippen LogP contribution in [-0.4, -0.2) is 0 Å². The van der Waals surface area contributed by atoms with Crippen LogP contribution in [0.4, 0.5) is 0 Å². The summed E-state index contributed by atoms with van der Waals surface area (Å²) in [7, 11) is 0. The molecule has 0 fully saturated rings. The van der Waals surface area contributed by atoms with Crippen LogP contribution in [0.15, 0.2) is 41.8 Å². The van der Waals surface area contributed by atoms with Crippen LogP contribution < -0.4 is 0 Å². The molecule has 0 nitrogen and oxygen atoms in total. The van der Waals surface area contributed by atoms with Gasteiger partial charge in [0.15, 0.2) is 0 Å². The van der Waals surface area contributed by atoms with Gasteiger partial charge in [-0.1, -0.05) is 41.9 Å². The predicted octanol–water partition coefficient (Wildman–Crippen LogP) is 4.07. The van der Waals surface area contributed by atoms with Crippen LogP contribution in [0.3, 0.4) is 0 Å². The molecule has 0 saturated carbocycles. The zero-order valence-electron chi connectivity index (χ0n) is 6.33. The van der Waals surface area contributed by atoms with Gasteiger partial charge < -0.3 is 0 Å². The third-order valence-electron chi connectivity index (χ3n) is 1.67. The third-order valence-corrected chi connectivity index (χ3v) is 2.77. The lowest BCUT2D eigenvalue weighted by molar-refractivity contribution is 1.68. The van der Waals surface area contributed by atoms with Gasteiger partial charge in [-0.25, -0.2) is 0 Å². The van der Waals surface area contributed by atoms with Crippen LogP contribution in [0.2, 0.25) is 4.34 Å². The second-order valence-corrected chi connectivity index (χ2v) is 4.05. The van der Waals surface area contributed by atoms with Crippen LogP contribution in [0.1, 0.15) is 0 Å². The van der Waals surface area contributed by atoms with Gasteiger partial charge in [0.2, 0.25) is 0 Å². The SMILES string of the molecule is Clc1cc(-c2ccccc2)cs1. The first kappa shape index (κ1) is 7.84. The maximum atomic E-state index is 5.83. The Hall–Kier alpha value is -0.790. The molecule has 0 amide bonds. The number of benzene rings is 1. The number of hydrogen-bond acceptors (Lipinski definition) is 1. The molecule has 12 heavy (non-hydrogen) atoms. The fraction of sp³-hybridized carbons (Fsp3) is 0. The first-order valence-corrected chi connectivity index (χ1v) is 4.91. The minimum Gasteiger partial charge on any atom is -0.131 e. The molecule has 0 aliphatic rings. The Kier molecular flexibility index (Phi) is 2.15. The lowest BCUT2D eigenvalue weighted by Gasteiger charge is -1.93. The van der Waals surface area contributed by atoms with Crippen LogP contribution >= 0.6 is 22.9 Å². The molecule has 1 aromatic carbocycles. The Morgan fingerprint density at radius 2 is 1.75 bits per heavy atom. The maximum absolute atomic E-state index is 5.83. The molecule has 0 atom stereocenters. The van der Waals surface area contributed by atoms with Crippen LogP contribution in [0.25, 0.3) is 11.1 Å². The maximum Gasteiger partial charge on any atom is 0.0934 e. The van der Waals surface area contributed by atoms with Crippen molar-refractivity contribution in [3.05, 3.63) is 46.1 Å². The molecule has 0 unspecified atom stereocenters. The summed E-state index contributed by atoms with van der Waals surface area (Å²) in [6, 6.07) is 12.2. The Balaban J connectivity index is 2.45. The number of hydrogen-bond donors (Lipinski definition) is 0. The second kappa shape index (κ2) is 3.30. The van der Waals surface area contributed by atoms with Crippen molar-refractivity contribution in [1.82, 2.24) is 0 Å². The topological polar surface area (TPSA) is 0 Å². The zero-order valence-corrected chi connectivity index (χ0v) is 7.90. The molecule has 60 valence electrons. The fourth-order valence-electron chi connectivity index (χ4n) is 1.09. The van der Waals surface area contributed by atoms with E-state index in [1.165, 1.54) is 11.1 Å². The molecular weight excluding hydrogens is 188 g/mol. The van der Waals surface area contributed by atoms with Crippen molar-refractivity contribution in [3.63, 3.8) is 0 Å². The number of rotatable bonds is 1. The molecule has 0 bridgehead atoms. The molecule has 1 heterocycles. The zero-order chi connectivity index (χ0) is 8.39. The third kappa shape index (κ3) is 1.52. The van der Waals surface area contributed by atoms with Gasteiger partial charge in [-0.2, -0.15) is 0 Å². The molecule has 2 aromatic rings. The fourth-order valence-corrected chi connectivity index (χ4v) is 1.98. The molecule has 0 N–H and O–H groups in total. The summed E-state index contributed by atoms with van der Waals surface area (Å²) >= 11 is 7.39. The van der Waals surface area contributed by atoms with Gasteiger partial charge in [-0.15, -0.1) is 11.3 Å². The summed E-state index contributed by atoms with van der Waals surface area (Å²) in [5, 5.41) is 2.07. The van der Waals surface area contributed by atoms with Crippen molar-refractivity contribution < 1.29 is 0 Å². The first-order chi connectivity index (χ1) is 5.86. The smallest absolute Gasteiger partial charge is 0.0934 e. The van der Waals surface area contributed by atoms with Gasteiger partial charge in [0.25, 0.3) is 0 Å². The van der Waals surface area contributed by atoms with Crippen LogP contribution in [0.5, 0.6) is 0 Å². The van der Waals surface area contributed by atoms with E-state index in [0.29, 0.717) is 0 Å². The van der Waals surface area contributed by atoms with Gasteiger partial charge in [0.1, 0.15) is 0 Å². The van der Waals surface area contributed by atoms with E-state index in [-0.39, 0.29) is 0 Å². The molecule has 0 radical (unpaired) electrons. The van der Waals surface area contributed by atoms with Gasteiger partial charge in [0.05, 0.1) is 4.34 Å². The molecule has 0 aliphatic carbocycles. The Bertz CT molecular complexity index is 364. The minimum absolute atomic E-state index is 0.842. The monoisotopic (exact) mass is 194 g/mol. The predicted molar refractivity (Wildman–Crippen MR) is 54.8 cm³/mol. The van der Waals surface area contributed by atoms with E-state index in [4.69, 9.17) is 11.6 Å². The quantitative estimate of drug-likeness (QED) is 0.642. The summed E-state index contributed by atoms with van der Waals surface area (Å²) in [5.41, 5.74) is 2.42. The van der Waals surface area contributed by atoms with Gasteiger partial charge >= 0.3 is 0 Å². The molecule has 0 aliphatic heterocycles.